The summed E-state index contributed by atoms with van der Waals surface area (Å²) in [6.07, 6.45) is 3.86. The van der Waals surface area contributed by atoms with E-state index in [2.05, 4.69) is 10.1 Å². The van der Waals surface area contributed by atoms with Gasteiger partial charge in [-0.15, -0.1) is 0 Å². The van der Waals surface area contributed by atoms with Crippen LogP contribution < -0.4 is 5.32 Å². The van der Waals surface area contributed by atoms with Crippen LogP contribution in [0.15, 0.2) is 16.5 Å². The molecule has 0 radical (unpaired) electrons. The Kier molecular flexibility index (Phi) is 4.27. The van der Waals surface area contributed by atoms with Gasteiger partial charge in [-0.25, -0.2) is 4.79 Å². The highest BCUT2D eigenvalue weighted by atomic mass is 16.5. The fraction of sp³-hybridized carbons (Fsp3) is 0.643. The van der Waals surface area contributed by atoms with Crippen molar-refractivity contribution in [1.82, 2.24) is 5.32 Å². The van der Waals surface area contributed by atoms with Crippen LogP contribution in [0, 0.1) is 0 Å². The van der Waals surface area contributed by atoms with Crippen LogP contribution in [-0.4, -0.2) is 30.3 Å². The molecular formula is C14H21NO4. The van der Waals surface area contributed by atoms with Crippen LogP contribution in [0.5, 0.6) is 0 Å². The first-order chi connectivity index (χ1) is 9.04. The first kappa shape index (κ1) is 14.1. The lowest BCUT2D eigenvalue weighted by Crippen LogP contribution is -2.38. The molecule has 19 heavy (non-hydrogen) atoms. The average molecular weight is 267 g/mol. The van der Waals surface area contributed by atoms with Crippen LogP contribution in [-0.2, 0) is 4.74 Å². The molecular weight excluding hydrogens is 246 g/mol. The van der Waals surface area contributed by atoms with Crippen molar-refractivity contribution in [2.45, 2.75) is 44.2 Å². The number of carbonyl (C=O) groups is 1. The molecule has 5 heteroatoms. The molecule has 2 rings (SSSR count). The molecule has 5 nitrogen and oxygen atoms in total. The maximum absolute atomic E-state index is 11.3. The van der Waals surface area contributed by atoms with E-state index in [-0.39, 0.29) is 11.8 Å². The highest BCUT2D eigenvalue weighted by Crippen LogP contribution is 2.29. The normalized spacial score (nSPS) is 19.3. The molecule has 0 saturated heterocycles. The lowest BCUT2D eigenvalue weighted by molar-refractivity contribution is 0.0442. The molecule has 1 heterocycles. The van der Waals surface area contributed by atoms with Crippen molar-refractivity contribution in [2.75, 3.05) is 13.7 Å². The molecule has 0 spiro atoms. The quantitative estimate of drug-likeness (QED) is 0.799. The number of carbonyl (C=O) groups excluding carboxylic acids is 1. The van der Waals surface area contributed by atoms with Gasteiger partial charge in [0.1, 0.15) is 5.76 Å². The van der Waals surface area contributed by atoms with Crippen LogP contribution in [0.2, 0.25) is 0 Å². The van der Waals surface area contributed by atoms with E-state index in [9.17, 15) is 9.90 Å². The Labute approximate surface area is 112 Å². The third kappa shape index (κ3) is 3.36. The van der Waals surface area contributed by atoms with E-state index < -0.39 is 11.6 Å². The third-order valence-corrected chi connectivity index (χ3v) is 3.71. The Bertz CT molecular complexity index is 434. The van der Waals surface area contributed by atoms with Crippen LogP contribution in [0.25, 0.3) is 0 Å². The average Bonchev–Trinajstić information content (AvgIpc) is 3.04. The number of hydrogen-bond donors (Lipinski definition) is 2. The van der Waals surface area contributed by atoms with Gasteiger partial charge in [-0.2, -0.15) is 0 Å². The van der Waals surface area contributed by atoms with Gasteiger partial charge >= 0.3 is 5.97 Å². The van der Waals surface area contributed by atoms with Gasteiger partial charge in [-0.05, 0) is 31.9 Å². The van der Waals surface area contributed by atoms with Crippen LogP contribution in [0.3, 0.4) is 0 Å². The Morgan fingerprint density at radius 3 is 2.84 bits per heavy atom. The van der Waals surface area contributed by atoms with Gasteiger partial charge < -0.3 is 19.6 Å². The number of rotatable bonds is 5. The fourth-order valence-electron chi connectivity index (χ4n) is 2.45. The number of esters is 1. The van der Waals surface area contributed by atoms with Crippen molar-refractivity contribution in [3.8, 4) is 0 Å². The first-order valence-electron chi connectivity index (χ1n) is 6.68. The fourth-order valence-corrected chi connectivity index (χ4v) is 2.45. The van der Waals surface area contributed by atoms with E-state index in [0.717, 1.165) is 25.7 Å². The topological polar surface area (TPSA) is 71.7 Å². The molecule has 0 amide bonds. The number of nitrogens with one attached hydrogen (secondary N) is 1. The Morgan fingerprint density at radius 2 is 2.21 bits per heavy atom. The Balaban J connectivity index is 1.90. The zero-order valence-electron chi connectivity index (χ0n) is 11.4. The van der Waals surface area contributed by atoms with E-state index in [1.165, 1.54) is 7.11 Å². The second-order valence-electron chi connectivity index (χ2n) is 5.23. The molecule has 0 aliphatic heterocycles. The minimum absolute atomic E-state index is 0.0527. The smallest absolute Gasteiger partial charge is 0.373 e. The number of hydrogen-bond acceptors (Lipinski definition) is 5. The highest BCUT2D eigenvalue weighted by Gasteiger charge is 2.31. The summed E-state index contributed by atoms with van der Waals surface area (Å²) in [5.41, 5.74) is -0.591. The summed E-state index contributed by atoms with van der Waals surface area (Å²) in [6, 6.07) is 3.30. The minimum atomic E-state index is -0.591. The summed E-state index contributed by atoms with van der Waals surface area (Å²) in [6.45, 7) is 2.49. The van der Waals surface area contributed by atoms with Crippen LogP contribution in [0.4, 0.5) is 0 Å². The predicted molar refractivity (Wildman–Crippen MR) is 69.9 cm³/mol. The molecule has 1 fully saturated rings. The van der Waals surface area contributed by atoms with Crippen LogP contribution >= 0.6 is 0 Å². The first-order valence-corrected chi connectivity index (χ1v) is 6.68. The molecule has 0 bridgehead atoms. The number of aliphatic hydroxyl groups is 1. The van der Waals surface area contributed by atoms with E-state index >= 15 is 0 Å². The summed E-state index contributed by atoms with van der Waals surface area (Å²) in [5.74, 6) is 0.389. The summed E-state index contributed by atoms with van der Waals surface area (Å²) < 4.78 is 10.0. The van der Waals surface area contributed by atoms with Crippen molar-refractivity contribution >= 4 is 5.97 Å². The van der Waals surface area contributed by atoms with E-state index in [0.29, 0.717) is 12.3 Å². The maximum atomic E-state index is 11.3. The third-order valence-electron chi connectivity index (χ3n) is 3.71. The zero-order valence-corrected chi connectivity index (χ0v) is 11.4. The molecule has 1 saturated carbocycles. The van der Waals surface area contributed by atoms with E-state index in [1.807, 2.05) is 6.92 Å². The largest absolute Gasteiger partial charge is 0.463 e. The molecule has 1 aliphatic carbocycles. The standard InChI is InChI=1S/C14H21NO4/c1-10(15-9-14(17)7-3-4-8-14)11-5-6-12(19-11)13(16)18-2/h5-6,10,15,17H,3-4,7-9H2,1-2H3. The monoisotopic (exact) mass is 267 g/mol. The van der Waals surface area contributed by atoms with Gasteiger partial charge in [-0.1, -0.05) is 12.8 Å². The van der Waals surface area contributed by atoms with Gasteiger partial charge in [0, 0.05) is 6.54 Å². The number of furan rings is 1. The Hall–Kier alpha value is -1.33. The van der Waals surface area contributed by atoms with E-state index in [1.54, 1.807) is 12.1 Å². The van der Waals surface area contributed by atoms with Gasteiger partial charge in [0.2, 0.25) is 5.76 Å². The van der Waals surface area contributed by atoms with Gasteiger partial charge in [0.15, 0.2) is 0 Å². The second-order valence-corrected chi connectivity index (χ2v) is 5.23. The minimum Gasteiger partial charge on any atom is -0.463 e. The summed E-state index contributed by atoms with van der Waals surface area (Å²) >= 11 is 0. The van der Waals surface area contributed by atoms with Crippen molar-refractivity contribution in [3.63, 3.8) is 0 Å². The van der Waals surface area contributed by atoms with Crippen molar-refractivity contribution in [2.24, 2.45) is 0 Å². The molecule has 1 aromatic heterocycles. The van der Waals surface area contributed by atoms with E-state index in [4.69, 9.17) is 4.42 Å². The SMILES string of the molecule is COC(=O)c1ccc(C(C)NCC2(O)CCCC2)o1. The molecule has 106 valence electrons. The summed E-state index contributed by atoms with van der Waals surface area (Å²) in [4.78, 5) is 11.3. The molecule has 1 aliphatic rings. The number of methoxy groups -OCH3 is 1. The van der Waals surface area contributed by atoms with Gasteiger partial charge in [0.05, 0.1) is 18.8 Å². The van der Waals surface area contributed by atoms with Crippen molar-refractivity contribution in [1.29, 1.82) is 0 Å². The van der Waals surface area contributed by atoms with Crippen molar-refractivity contribution in [3.05, 3.63) is 23.7 Å². The highest BCUT2D eigenvalue weighted by molar-refractivity contribution is 5.86. The molecule has 1 unspecified atom stereocenters. The van der Waals surface area contributed by atoms with Gasteiger partial charge in [0.25, 0.3) is 0 Å². The molecule has 1 aromatic rings. The van der Waals surface area contributed by atoms with Crippen molar-refractivity contribution < 1.29 is 19.1 Å². The lowest BCUT2D eigenvalue weighted by atomic mass is 10.0. The second kappa shape index (κ2) is 5.75. The number of ether oxygens (including phenoxy) is 1. The summed E-state index contributed by atoms with van der Waals surface area (Å²) in [7, 11) is 1.32. The molecule has 0 aromatic carbocycles. The predicted octanol–water partition coefficient (Wildman–Crippen LogP) is 2.02. The zero-order chi connectivity index (χ0) is 13.9. The molecule has 2 N–H and O–H groups in total. The van der Waals surface area contributed by atoms with Gasteiger partial charge in [-0.3, -0.25) is 0 Å². The lowest BCUT2D eigenvalue weighted by Gasteiger charge is -2.24. The summed E-state index contributed by atoms with van der Waals surface area (Å²) in [5, 5.41) is 13.5. The van der Waals surface area contributed by atoms with Crippen LogP contribution in [0.1, 0.15) is 55.0 Å². The Morgan fingerprint density at radius 1 is 1.53 bits per heavy atom. The molecule has 1 atom stereocenters. The maximum Gasteiger partial charge on any atom is 0.373 e.